The van der Waals surface area contributed by atoms with Gasteiger partial charge in [0.25, 0.3) is 6.43 Å². The first-order valence-corrected chi connectivity index (χ1v) is 4.47. The Balaban J connectivity index is 3.50. The fourth-order valence-electron chi connectivity index (χ4n) is 1.13. The largest absolute Gasteiger partial charge is 0.366 e. The molecule has 0 atom stereocenters. The van der Waals surface area contributed by atoms with E-state index in [2.05, 4.69) is 20.9 Å². The molecular formula is C8H7BrF2N2O. The van der Waals surface area contributed by atoms with Gasteiger partial charge in [-0.05, 0) is 28.4 Å². The van der Waals surface area contributed by atoms with E-state index >= 15 is 0 Å². The Hall–Kier alpha value is -1.04. The van der Waals surface area contributed by atoms with Crippen LogP contribution >= 0.6 is 15.9 Å². The van der Waals surface area contributed by atoms with Crippen LogP contribution in [0.4, 0.5) is 8.78 Å². The second kappa shape index (κ2) is 4.00. The fourth-order valence-corrected chi connectivity index (χ4v) is 1.60. The number of rotatable bonds is 2. The summed E-state index contributed by atoms with van der Waals surface area (Å²) in [6, 6.07) is 0. The zero-order valence-electron chi connectivity index (χ0n) is 7.22. The Labute approximate surface area is 87.4 Å². The minimum Gasteiger partial charge on any atom is -0.366 e. The average molecular weight is 265 g/mol. The molecule has 1 aromatic heterocycles. The summed E-state index contributed by atoms with van der Waals surface area (Å²) in [5.74, 6) is -0.874. The van der Waals surface area contributed by atoms with Crippen LogP contribution in [0.15, 0.2) is 10.8 Å². The zero-order chi connectivity index (χ0) is 10.9. The van der Waals surface area contributed by atoms with Crippen LogP contribution in [0.5, 0.6) is 0 Å². The van der Waals surface area contributed by atoms with Crippen molar-refractivity contribution in [2.24, 2.45) is 5.73 Å². The van der Waals surface area contributed by atoms with E-state index in [9.17, 15) is 13.6 Å². The number of hydrogen-bond donors (Lipinski definition) is 1. The number of pyridine rings is 1. The molecule has 0 unspecified atom stereocenters. The van der Waals surface area contributed by atoms with Crippen LogP contribution in [-0.4, -0.2) is 10.9 Å². The molecule has 0 aromatic carbocycles. The first-order chi connectivity index (χ1) is 6.45. The molecule has 76 valence electrons. The van der Waals surface area contributed by atoms with E-state index < -0.39 is 17.9 Å². The van der Waals surface area contributed by atoms with Crippen molar-refractivity contribution >= 4 is 21.8 Å². The molecule has 2 N–H and O–H groups in total. The van der Waals surface area contributed by atoms with Crippen molar-refractivity contribution in [2.45, 2.75) is 13.3 Å². The average Bonchev–Trinajstić information content (AvgIpc) is 2.07. The van der Waals surface area contributed by atoms with E-state index in [1.54, 1.807) is 0 Å². The van der Waals surface area contributed by atoms with Crippen molar-refractivity contribution in [2.75, 3.05) is 0 Å². The number of aromatic nitrogens is 1. The summed E-state index contributed by atoms with van der Waals surface area (Å²) in [4.78, 5) is 14.6. The number of nitrogens with zero attached hydrogens (tertiary/aromatic N) is 1. The molecule has 0 aliphatic carbocycles. The molecule has 1 rings (SSSR count). The lowest BCUT2D eigenvalue weighted by atomic mass is 10.1. The van der Waals surface area contributed by atoms with Crippen LogP contribution in [0.25, 0.3) is 0 Å². The SMILES string of the molecule is Cc1cnc(Br)c(C(F)F)c1C(N)=O. The van der Waals surface area contributed by atoms with Crippen molar-refractivity contribution in [1.29, 1.82) is 0 Å². The van der Waals surface area contributed by atoms with Gasteiger partial charge in [0.15, 0.2) is 0 Å². The number of aryl methyl sites for hydroxylation is 1. The Morgan fingerprint density at radius 3 is 2.57 bits per heavy atom. The summed E-state index contributed by atoms with van der Waals surface area (Å²) in [7, 11) is 0. The number of carbonyl (C=O) groups is 1. The molecule has 14 heavy (non-hydrogen) atoms. The fraction of sp³-hybridized carbons (Fsp3) is 0.250. The zero-order valence-corrected chi connectivity index (χ0v) is 8.81. The van der Waals surface area contributed by atoms with Crippen molar-refractivity contribution in [3.63, 3.8) is 0 Å². The van der Waals surface area contributed by atoms with Crippen LogP contribution in [0.3, 0.4) is 0 Å². The van der Waals surface area contributed by atoms with Crippen molar-refractivity contribution < 1.29 is 13.6 Å². The normalized spacial score (nSPS) is 10.6. The van der Waals surface area contributed by atoms with Crippen LogP contribution in [0.1, 0.15) is 27.9 Å². The molecule has 0 bridgehead atoms. The highest BCUT2D eigenvalue weighted by Gasteiger charge is 2.22. The molecule has 0 fully saturated rings. The van der Waals surface area contributed by atoms with E-state index in [0.717, 1.165) is 0 Å². The van der Waals surface area contributed by atoms with Crippen LogP contribution in [0, 0.1) is 6.92 Å². The van der Waals surface area contributed by atoms with Gasteiger partial charge in [0, 0.05) is 6.20 Å². The van der Waals surface area contributed by atoms with Gasteiger partial charge in [-0.3, -0.25) is 4.79 Å². The standard InChI is InChI=1S/C8H7BrF2N2O/c1-3-2-13-6(9)5(7(10)11)4(3)8(12)14/h2,7H,1H3,(H2,12,14). The monoisotopic (exact) mass is 264 g/mol. The van der Waals surface area contributed by atoms with Gasteiger partial charge < -0.3 is 5.73 Å². The number of amides is 1. The first kappa shape index (κ1) is 11.0. The predicted molar refractivity (Wildman–Crippen MR) is 50.1 cm³/mol. The number of alkyl halides is 2. The molecule has 1 aromatic rings. The van der Waals surface area contributed by atoms with Gasteiger partial charge in [0.2, 0.25) is 5.91 Å². The number of carbonyl (C=O) groups excluding carboxylic acids is 1. The van der Waals surface area contributed by atoms with Crippen molar-refractivity contribution in [3.05, 3.63) is 27.5 Å². The maximum absolute atomic E-state index is 12.6. The quantitative estimate of drug-likeness (QED) is 0.833. The highest BCUT2D eigenvalue weighted by molar-refractivity contribution is 9.10. The predicted octanol–water partition coefficient (Wildman–Crippen LogP) is 2.19. The topological polar surface area (TPSA) is 56.0 Å². The van der Waals surface area contributed by atoms with Gasteiger partial charge in [-0.15, -0.1) is 0 Å². The lowest BCUT2D eigenvalue weighted by molar-refractivity contribution is 0.0984. The summed E-state index contributed by atoms with van der Waals surface area (Å²) >= 11 is 2.85. The summed E-state index contributed by atoms with van der Waals surface area (Å²) in [6.45, 7) is 1.51. The molecule has 0 spiro atoms. The van der Waals surface area contributed by atoms with E-state index in [-0.39, 0.29) is 10.2 Å². The third kappa shape index (κ3) is 1.89. The number of primary amides is 1. The molecule has 0 saturated carbocycles. The summed E-state index contributed by atoms with van der Waals surface area (Å²) in [6.07, 6.45) is -1.46. The van der Waals surface area contributed by atoms with Crippen molar-refractivity contribution in [1.82, 2.24) is 4.98 Å². The van der Waals surface area contributed by atoms with Gasteiger partial charge in [-0.1, -0.05) is 0 Å². The minimum atomic E-state index is -2.78. The van der Waals surface area contributed by atoms with Gasteiger partial charge in [0.1, 0.15) is 4.60 Å². The number of hydrogen-bond acceptors (Lipinski definition) is 2. The molecule has 1 amide bonds. The van der Waals surface area contributed by atoms with E-state index in [4.69, 9.17) is 5.73 Å². The van der Waals surface area contributed by atoms with Gasteiger partial charge in [-0.25, -0.2) is 13.8 Å². The molecular weight excluding hydrogens is 258 g/mol. The lowest BCUT2D eigenvalue weighted by Gasteiger charge is -2.09. The molecule has 0 saturated heterocycles. The Kier molecular flexibility index (Phi) is 3.15. The maximum Gasteiger partial charge on any atom is 0.267 e. The highest BCUT2D eigenvalue weighted by atomic mass is 79.9. The summed E-state index contributed by atoms with van der Waals surface area (Å²) < 4.78 is 25.1. The van der Waals surface area contributed by atoms with Crippen LogP contribution in [0.2, 0.25) is 0 Å². The molecule has 3 nitrogen and oxygen atoms in total. The van der Waals surface area contributed by atoms with Crippen LogP contribution < -0.4 is 5.73 Å². The number of nitrogens with two attached hydrogens (primary N) is 1. The molecule has 0 radical (unpaired) electrons. The maximum atomic E-state index is 12.6. The third-order valence-electron chi connectivity index (χ3n) is 1.72. The van der Waals surface area contributed by atoms with Crippen LogP contribution in [-0.2, 0) is 0 Å². The molecule has 1 heterocycles. The minimum absolute atomic E-state index is 0.0492. The second-order valence-corrected chi connectivity index (χ2v) is 3.44. The van der Waals surface area contributed by atoms with Crippen molar-refractivity contribution in [3.8, 4) is 0 Å². The lowest BCUT2D eigenvalue weighted by Crippen LogP contribution is -2.16. The second-order valence-electron chi connectivity index (χ2n) is 2.69. The van der Waals surface area contributed by atoms with Gasteiger partial charge >= 0.3 is 0 Å². The Bertz CT molecular complexity index is 382. The van der Waals surface area contributed by atoms with E-state index in [0.29, 0.717) is 5.56 Å². The Morgan fingerprint density at radius 2 is 2.21 bits per heavy atom. The highest BCUT2D eigenvalue weighted by Crippen LogP contribution is 2.30. The smallest absolute Gasteiger partial charge is 0.267 e. The number of halogens is 3. The first-order valence-electron chi connectivity index (χ1n) is 3.68. The third-order valence-corrected chi connectivity index (χ3v) is 2.35. The summed E-state index contributed by atoms with van der Waals surface area (Å²) in [5, 5.41) is 0. The van der Waals surface area contributed by atoms with Gasteiger partial charge in [-0.2, -0.15) is 0 Å². The Morgan fingerprint density at radius 1 is 1.64 bits per heavy atom. The van der Waals surface area contributed by atoms with Gasteiger partial charge in [0.05, 0.1) is 11.1 Å². The molecule has 0 aliphatic rings. The van der Waals surface area contributed by atoms with E-state index in [1.165, 1.54) is 13.1 Å². The van der Waals surface area contributed by atoms with E-state index in [1.807, 2.05) is 0 Å². The summed E-state index contributed by atoms with van der Waals surface area (Å²) in [5.41, 5.74) is 4.73. The molecule has 0 aliphatic heterocycles. The molecule has 6 heteroatoms.